The van der Waals surface area contributed by atoms with E-state index in [4.69, 9.17) is 14.2 Å². The highest BCUT2D eigenvalue weighted by molar-refractivity contribution is 7.11. The minimum atomic E-state index is 0.541. The van der Waals surface area contributed by atoms with Crippen LogP contribution in [0.4, 0.5) is 0 Å². The number of rotatable bonds is 8. The quantitative estimate of drug-likeness (QED) is 0.543. The van der Waals surface area contributed by atoms with Crippen molar-refractivity contribution in [2.24, 2.45) is 4.99 Å². The summed E-state index contributed by atoms with van der Waals surface area (Å²) >= 11 is 1.72. The number of thiazole rings is 1. The predicted molar refractivity (Wildman–Crippen MR) is 105 cm³/mol. The van der Waals surface area contributed by atoms with Crippen molar-refractivity contribution in [1.29, 1.82) is 0 Å². The highest BCUT2D eigenvalue weighted by Crippen LogP contribution is 2.34. The summed E-state index contributed by atoms with van der Waals surface area (Å²) in [7, 11) is 6.59. The molecule has 26 heavy (non-hydrogen) atoms. The number of ether oxygens (including phenoxy) is 3. The molecule has 0 radical (unpaired) electrons. The third kappa shape index (κ3) is 5.26. The Bertz CT molecular complexity index is 746. The average molecular weight is 378 g/mol. The van der Waals surface area contributed by atoms with Crippen LogP contribution in [-0.4, -0.2) is 45.9 Å². The average Bonchev–Trinajstić information content (AvgIpc) is 3.08. The fraction of sp³-hybridized carbons (Fsp3) is 0.444. The molecule has 2 N–H and O–H groups in total. The first-order chi connectivity index (χ1) is 12.6. The minimum Gasteiger partial charge on any atom is -0.496 e. The third-order valence-electron chi connectivity index (χ3n) is 3.76. The minimum absolute atomic E-state index is 0.541. The summed E-state index contributed by atoms with van der Waals surface area (Å²) in [5.41, 5.74) is 0.948. The third-order valence-corrected chi connectivity index (χ3v) is 4.73. The van der Waals surface area contributed by atoms with Crippen LogP contribution in [0.25, 0.3) is 0 Å². The fourth-order valence-corrected chi connectivity index (χ4v) is 3.22. The van der Waals surface area contributed by atoms with Gasteiger partial charge in [-0.25, -0.2) is 4.98 Å². The topological polar surface area (TPSA) is 77.0 Å². The molecular weight excluding hydrogens is 352 g/mol. The monoisotopic (exact) mass is 378 g/mol. The van der Waals surface area contributed by atoms with Crippen molar-refractivity contribution < 1.29 is 14.2 Å². The van der Waals surface area contributed by atoms with E-state index in [9.17, 15) is 0 Å². The number of nitrogens with zero attached hydrogens (tertiary/aromatic N) is 2. The maximum absolute atomic E-state index is 5.45. The Morgan fingerprint density at radius 1 is 1.08 bits per heavy atom. The first-order valence-corrected chi connectivity index (χ1v) is 9.07. The first kappa shape index (κ1) is 19.8. The zero-order valence-electron chi connectivity index (χ0n) is 15.9. The van der Waals surface area contributed by atoms with Gasteiger partial charge in [0.05, 0.1) is 26.3 Å². The van der Waals surface area contributed by atoms with Crippen molar-refractivity contribution in [2.75, 3.05) is 34.9 Å². The van der Waals surface area contributed by atoms with Crippen molar-refractivity contribution >= 4 is 17.3 Å². The maximum Gasteiger partial charge on any atom is 0.191 e. The van der Waals surface area contributed by atoms with Gasteiger partial charge in [-0.05, 0) is 13.0 Å². The van der Waals surface area contributed by atoms with Crippen LogP contribution >= 0.6 is 11.3 Å². The molecule has 2 aromatic rings. The number of aliphatic imine (C=N–C) groups is 1. The summed E-state index contributed by atoms with van der Waals surface area (Å²) < 4.78 is 16.1. The second kappa shape index (κ2) is 9.86. The van der Waals surface area contributed by atoms with E-state index in [2.05, 4.69) is 27.5 Å². The summed E-state index contributed by atoms with van der Waals surface area (Å²) in [5, 5.41) is 7.70. The lowest BCUT2D eigenvalue weighted by Gasteiger charge is -2.16. The van der Waals surface area contributed by atoms with Gasteiger partial charge in [0.25, 0.3) is 0 Å². The molecular formula is C18H26N4O3S. The normalized spacial score (nSPS) is 11.2. The smallest absolute Gasteiger partial charge is 0.191 e. The lowest BCUT2D eigenvalue weighted by Crippen LogP contribution is -2.37. The van der Waals surface area contributed by atoms with Crippen LogP contribution in [0.5, 0.6) is 17.2 Å². The van der Waals surface area contributed by atoms with Gasteiger partial charge in [0.15, 0.2) is 17.5 Å². The van der Waals surface area contributed by atoms with Gasteiger partial charge in [0.1, 0.15) is 5.75 Å². The molecule has 1 aromatic heterocycles. The Morgan fingerprint density at radius 3 is 2.35 bits per heavy atom. The second-order valence-electron chi connectivity index (χ2n) is 5.49. The highest BCUT2D eigenvalue weighted by Gasteiger charge is 2.12. The molecule has 1 heterocycles. The van der Waals surface area contributed by atoms with Crippen LogP contribution in [0.3, 0.4) is 0 Å². The SMILES string of the molecule is CN=C(NCCc1ncc(C)s1)NCc1cc(OC)c(OC)cc1OC. The largest absolute Gasteiger partial charge is 0.496 e. The molecule has 0 bridgehead atoms. The molecule has 0 unspecified atom stereocenters. The molecule has 0 aliphatic rings. The predicted octanol–water partition coefficient (Wildman–Crippen LogP) is 2.39. The van der Waals surface area contributed by atoms with Gasteiger partial charge in [-0.2, -0.15) is 0 Å². The van der Waals surface area contributed by atoms with Crippen LogP contribution in [0, 0.1) is 6.92 Å². The number of nitrogens with one attached hydrogen (secondary N) is 2. The number of methoxy groups -OCH3 is 3. The Balaban J connectivity index is 1.94. The van der Waals surface area contributed by atoms with E-state index in [1.54, 1.807) is 39.7 Å². The van der Waals surface area contributed by atoms with Gasteiger partial charge < -0.3 is 24.8 Å². The van der Waals surface area contributed by atoms with E-state index in [1.807, 2.05) is 18.3 Å². The van der Waals surface area contributed by atoms with Crippen LogP contribution in [-0.2, 0) is 13.0 Å². The van der Waals surface area contributed by atoms with Gasteiger partial charge in [-0.1, -0.05) is 0 Å². The number of aromatic nitrogens is 1. The molecule has 1 aromatic carbocycles. The highest BCUT2D eigenvalue weighted by atomic mass is 32.1. The molecule has 0 saturated carbocycles. The van der Waals surface area contributed by atoms with Crippen LogP contribution in [0.1, 0.15) is 15.4 Å². The van der Waals surface area contributed by atoms with E-state index >= 15 is 0 Å². The standard InChI is InChI=1S/C18H26N4O3S/c1-12-10-21-17(26-12)6-7-20-18(19-2)22-11-13-8-15(24-4)16(25-5)9-14(13)23-3/h8-10H,6-7,11H2,1-5H3,(H2,19,20,22). The van der Waals surface area contributed by atoms with Gasteiger partial charge >= 0.3 is 0 Å². The molecule has 0 spiro atoms. The number of benzene rings is 1. The number of guanidine groups is 1. The fourth-order valence-electron chi connectivity index (χ4n) is 2.44. The van der Waals surface area contributed by atoms with Crippen LogP contribution in [0.15, 0.2) is 23.3 Å². The van der Waals surface area contributed by atoms with Gasteiger partial charge in [0.2, 0.25) is 0 Å². The van der Waals surface area contributed by atoms with Crippen molar-refractivity contribution in [3.05, 3.63) is 33.8 Å². The summed E-state index contributed by atoms with van der Waals surface area (Å²) in [6.07, 6.45) is 2.76. The van der Waals surface area contributed by atoms with E-state index in [0.29, 0.717) is 18.0 Å². The van der Waals surface area contributed by atoms with Crippen molar-refractivity contribution in [3.63, 3.8) is 0 Å². The molecule has 0 atom stereocenters. The van der Waals surface area contributed by atoms with Crippen LogP contribution < -0.4 is 24.8 Å². The van der Waals surface area contributed by atoms with Crippen molar-refractivity contribution in [3.8, 4) is 17.2 Å². The lowest BCUT2D eigenvalue weighted by atomic mass is 10.1. The lowest BCUT2D eigenvalue weighted by molar-refractivity contribution is 0.347. The summed E-state index contributed by atoms with van der Waals surface area (Å²) in [6.45, 7) is 3.36. The Hall–Kier alpha value is -2.48. The van der Waals surface area contributed by atoms with E-state index < -0.39 is 0 Å². The number of aryl methyl sites for hydroxylation is 1. The second-order valence-corrected chi connectivity index (χ2v) is 6.81. The Labute approximate surface area is 158 Å². The molecule has 0 amide bonds. The molecule has 0 aliphatic heterocycles. The molecule has 0 fully saturated rings. The van der Waals surface area contributed by atoms with Crippen LogP contribution in [0.2, 0.25) is 0 Å². The summed E-state index contributed by atoms with van der Waals surface area (Å²) in [6, 6.07) is 3.72. The maximum atomic E-state index is 5.45. The zero-order chi connectivity index (χ0) is 18.9. The van der Waals surface area contributed by atoms with Gasteiger partial charge in [0, 0.05) is 49.3 Å². The molecule has 142 valence electrons. The molecule has 0 saturated heterocycles. The molecule has 7 nitrogen and oxygen atoms in total. The number of hydrogen-bond acceptors (Lipinski definition) is 6. The zero-order valence-corrected chi connectivity index (χ0v) is 16.7. The number of hydrogen-bond donors (Lipinski definition) is 2. The Morgan fingerprint density at radius 2 is 1.77 bits per heavy atom. The molecule has 2 rings (SSSR count). The Kier molecular flexibility index (Phi) is 7.53. The van der Waals surface area contributed by atoms with E-state index in [1.165, 1.54) is 4.88 Å². The summed E-state index contributed by atoms with van der Waals surface area (Å²) in [4.78, 5) is 9.84. The molecule has 8 heteroatoms. The summed E-state index contributed by atoms with van der Waals surface area (Å²) in [5.74, 6) is 2.74. The van der Waals surface area contributed by atoms with E-state index in [0.717, 1.165) is 35.2 Å². The van der Waals surface area contributed by atoms with Crippen molar-refractivity contribution in [1.82, 2.24) is 15.6 Å². The van der Waals surface area contributed by atoms with Gasteiger partial charge in [-0.3, -0.25) is 4.99 Å². The molecule has 0 aliphatic carbocycles. The van der Waals surface area contributed by atoms with Crippen molar-refractivity contribution in [2.45, 2.75) is 19.9 Å². The first-order valence-electron chi connectivity index (χ1n) is 8.26. The van der Waals surface area contributed by atoms with Gasteiger partial charge in [-0.15, -0.1) is 11.3 Å². The van der Waals surface area contributed by atoms with E-state index in [-0.39, 0.29) is 0 Å².